The summed E-state index contributed by atoms with van der Waals surface area (Å²) in [6, 6.07) is 17.5. The number of carbonyl (C=O) groups excluding carboxylic acids is 2. The number of amides is 2. The normalized spacial score (nSPS) is 11.0. The van der Waals surface area contributed by atoms with Crippen LogP contribution in [0, 0.1) is 27.7 Å². The monoisotopic (exact) mass is 535 g/mol. The Hall–Kier alpha value is -4.56. The maximum Gasteiger partial charge on any atom is 0.263 e. The number of nitrogens with two attached hydrogens (primary N) is 1. The minimum absolute atomic E-state index is 0.285. The maximum atomic E-state index is 13.8. The summed E-state index contributed by atoms with van der Waals surface area (Å²) in [5, 5.41) is 6.58. The number of nitrogens with zero attached hydrogens (tertiary/aromatic N) is 2. The zero-order valence-electron chi connectivity index (χ0n) is 22.3. The number of hydrogen-bond donors (Lipinski definition) is 3. The van der Waals surface area contributed by atoms with Crippen molar-refractivity contribution in [1.29, 1.82) is 0 Å². The first-order valence-corrected chi connectivity index (χ1v) is 13.4. The third kappa shape index (κ3) is 5.24. The van der Waals surface area contributed by atoms with E-state index >= 15 is 0 Å². The van der Waals surface area contributed by atoms with Gasteiger partial charge in [0.25, 0.3) is 11.8 Å². The fourth-order valence-corrected chi connectivity index (χ4v) is 5.69. The molecule has 0 aliphatic rings. The first kappa shape index (κ1) is 26.1. The van der Waals surface area contributed by atoms with Crippen LogP contribution >= 0.6 is 11.3 Å². The smallest absolute Gasteiger partial charge is 0.263 e. The molecule has 0 radical (unpaired) electrons. The van der Waals surface area contributed by atoms with Crippen molar-refractivity contribution in [3.63, 3.8) is 0 Å². The first-order valence-electron chi connectivity index (χ1n) is 12.6. The van der Waals surface area contributed by atoms with Gasteiger partial charge in [0, 0.05) is 41.1 Å². The Labute approximate surface area is 231 Å². The Morgan fingerprint density at radius 2 is 1.69 bits per heavy atom. The van der Waals surface area contributed by atoms with Gasteiger partial charge >= 0.3 is 0 Å². The van der Waals surface area contributed by atoms with Crippen LogP contribution in [0.2, 0.25) is 0 Å². The number of carbonyl (C=O) groups is 2. The molecule has 4 N–H and O–H groups in total. The predicted molar refractivity (Wildman–Crippen MR) is 158 cm³/mol. The highest BCUT2D eigenvalue weighted by Gasteiger charge is 2.27. The molecule has 7 nitrogen and oxygen atoms in total. The van der Waals surface area contributed by atoms with Gasteiger partial charge in [-0.1, -0.05) is 53.6 Å². The van der Waals surface area contributed by atoms with E-state index in [1.807, 2.05) is 69.3 Å². The summed E-state index contributed by atoms with van der Waals surface area (Å²) in [6.07, 6.45) is 3.36. The second-order valence-corrected chi connectivity index (χ2v) is 10.7. The standard InChI is InChI=1S/C31H29N5O2S/c1-17-7-10-21(11-8-17)15-34-30(38)28-27(32)26-25(22-6-5-13-33-16-22)24(20(4)35-31(26)39-28)29(37)36-23-12-9-18(2)14-19(23)3/h5-14,16H,15,32H2,1-4H3,(H,34,38)(H,36,37). The largest absolute Gasteiger partial charge is 0.397 e. The van der Waals surface area contributed by atoms with Crippen LogP contribution in [0.3, 0.4) is 0 Å². The van der Waals surface area contributed by atoms with Crippen molar-refractivity contribution in [3.8, 4) is 11.1 Å². The number of fused-ring (bicyclic) bond motifs is 1. The van der Waals surface area contributed by atoms with Gasteiger partial charge in [-0.15, -0.1) is 11.3 Å². The van der Waals surface area contributed by atoms with Gasteiger partial charge in [-0.2, -0.15) is 0 Å². The Kier molecular flexibility index (Phi) is 7.13. The molecule has 0 fully saturated rings. The van der Waals surface area contributed by atoms with Crippen LogP contribution < -0.4 is 16.4 Å². The molecule has 0 bridgehead atoms. The number of aromatic nitrogens is 2. The molecule has 3 heterocycles. The van der Waals surface area contributed by atoms with Crippen LogP contribution in [-0.2, 0) is 6.54 Å². The molecule has 0 unspecified atom stereocenters. The van der Waals surface area contributed by atoms with E-state index in [-0.39, 0.29) is 11.8 Å². The molecule has 0 saturated carbocycles. The lowest BCUT2D eigenvalue weighted by Gasteiger charge is -2.16. The molecule has 0 spiro atoms. The van der Waals surface area contributed by atoms with Gasteiger partial charge in [0.1, 0.15) is 9.71 Å². The van der Waals surface area contributed by atoms with Crippen LogP contribution in [0.4, 0.5) is 11.4 Å². The Balaban J connectivity index is 1.59. The number of benzene rings is 2. The molecule has 2 amide bonds. The molecular weight excluding hydrogens is 506 g/mol. The second-order valence-electron chi connectivity index (χ2n) is 9.65. The minimum Gasteiger partial charge on any atom is -0.397 e. The lowest BCUT2D eigenvalue weighted by molar-refractivity contribution is 0.0955. The zero-order chi connectivity index (χ0) is 27.7. The molecule has 0 atom stereocenters. The molecule has 5 rings (SSSR count). The summed E-state index contributed by atoms with van der Waals surface area (Å²) in [5.41, 5.74) is 14.1. The number of nitrogen functional groups attached to an aromatic ring is 1. The van der Waals surface area contributed by atoms with Gasteiger partial charge in [-0.05, 0) is 51.0 Å². The summed E-state index contributed by atoms with van der Waals surface area (Å²) in [7, 11) is 0. The van der Waals surface area contributed by atoms with E-state index in [4.69, 9.17) is 10.7 Å². The summed E-state index contributed by atoms with van der Waals surface area (Å²) < 4.78 is 0. The number of aryl methyl sites for hydroxylation is 4. The number of rotatable bonds is 6. The van der Waals surface area contributed by atoms with Crippen LogP contribution in [-0.4, -0.2) is 21.8 Å². The lowest BCUT2D eigenvalue weighted by atomic mass is 9.95. The van der Waals surface area contributed by atoms with E-state index in [2.05, 4.69) is 15.6 Å². The SMILES string of the molecule is Cc1ccc(CNC(=O)c2sc3nc(C)c(C(=O)Nc4ccc(C)cc4C)c(-c4cccnc4)c3c2N)cc1. The highest BCUT2D eigenvalue weighted by atomic mass is 32.1. The average Bonchev–Trinajstić information content (AvgIpc) is 3.25. The summed E-state index contributed by atoms with van der Waals surface area (Å²) in [5.74, 6) is -0.587. The number of anilines is 2. The van der Waals surface area contributed by atoms with Gasteiger partial charge in [0.2, 0.25) is 0 Å². The predicted octanol–water partition coefficient (Wildman–Crippen LogP) is 6.36. The van der Waals surface area contributed by atoms with Gasteiger partial charge in [-0.25, -0.2) is 4.98 Å². The van der Waals surface area contributed by atoms with E-state index in [1.54, 1.807) is 25.4 Å². The number of nitrogens with one attached hydrogen (secondary N) is 2. The number of hydrogen-bond acceptors (Lipinski definition) is 6. The van der Waals surface area contributed by atoms with Crippen LogP contribution in [0.1, 0.15) is 48.0 Å². The van der Waals surface area contributed by atoms with E-state index in [0.29, 0.717) is 44.1 Å². The average molecular weight is 536 g/mol. The van der Waals surface area contributed by atoms with Crippen molar-refractivity contribution < 1.29 is 9.59 Å². The van der Waals surface area contributed by atoms with Gasteiger partial charge in [0.15, 0.2) is 0 Å². The van der Waals surface area contributed by atoms with Crippen LogP contribution in [0.15, 0.2) is 67.0 Å². The zero-order valence-corrected chi connectivity index (χ0v) is 23.1. The van der Waals surface area contributed by atoms with E-state index < -0.39 is 0 Å². The minimum atomic E-state index is -0.302. The lowest BCUT2D eigenvalue weighted by Crippen LogP contribution is -2.22. The van der Waals surface area contributed by atoms with Gasteiger partial charge in [0.05, 0.1) is 16.9 Å². The third-order valence-corrected chi connectivity index (χ3v) is 7.74. The quantitative estimate of drug-likeness (QED) is 0.234. The maximum absolute atomic E-state index is 13.8. The van der Waals surface area contributed by atoms with Crippen molar-refractivity contribution >= 4 is 44.7 Å². The second kappa shape index (κ2) is 10.7. The molecule has 0 saturated heterocycles. The van der Waals surface area contributed by atoms with Crippen molar-refractivity contribution in [3.05, 3.63) is 105 Å². The molecule has 8 heteroatoms. The molecule has 3 aromatic heterocycles. The fourth-order valence-electron chi connectivity index (χ4n) is 4.62. The van der Waals surface area contributed by atoms with E-state index in [9.17, 15) is 9.59 Å². The van der Waals surface area contributed by atoms with Crippen molar-refractivity contribution in [2.24, 2.45) is 0 Å². The highest BCUT2D eigenvalue weighted by Crippen LogP contribution is 2.42. The molecule has 5 aromatic rings. The molecule has 39 heavy (non-hydrogen) atoms. The molecule has 0 aliphatic heterocycles. The fraction of sp³-hybridized carbons (Fsp3) is 0.161. The molecule has 2 aromatic carbocycles. The third-order valence-electron chi connectivity index (χ3n) is 6.64. The summed E-state index contributed by atoms with van der Waals surface area (Å²) in [6.45, 7) is 8.15. The van der Waals surface area contributed by atoms with Crippen molar-refractivity contribution in [1.82, 2.24) is 15.3 Å². The molecule has 196 valence electrons. The van der Waals surface area contributed by atoms with Gasteiger partial charge in [-0.3, -0.25) is 14.6 Å². The van der Waals surface area contributed by atoms with Crippen LogP contribution in [0.25, 0.3) is 21.3 Å². The number of thiophene rings is 1. The Bertz CT molecular complexity index is 1710. The topological polar surface area (TPSA) is 110 Å². The van der Waals surface area contributed by atoms with Crippen molar-refractivity contribution in [2.45, 2.75) is 34.2 Å². The summed E-state index contributed by atoms with van der Waals surface area (Å²) in [4.78, 5) is 37.0. The first-order chi connectivity index (χ1) is 18.7. The van der Waals surface area contributed by atoms with Crippen molar-refractivity contribution in [2.75, 3.05) is 11.1 Å². The number of pyridine rings is 2. The van der Waals surface area contributed by atoms with Gasteiger partial charge < -0.3 is 16.4 Å². The molecular formula is C31H29N5O2S. The highest BCUT2D eigenvalue weighted by molar-refractivity contribution is 7.21. The Morgan fingerprint density at radius 1 is 0.949 bits per heavy atom. The molecule has 0 aliphatic carbocycles. The summed E-state index contributed by atoms with van der Waals surface area (Å²) >= 11 is 1.22. The van der Waals surface area contributed by atoms with Crippen LogP contribution in [0.5, 0.6) is 0 Å². The van der Waals surface area contributed by atoms with E-state index in [0.717, 1.165) is 33.5 Å². The van der Waals surface area contributed by atoms with E-state index in [1.165, 1.54) is 11.3 Å². The Morgan fingerprint density at radius 3 is 2.38 bits per heavy atom.